The maximum Gasteiger partial charge on any atom is 0.0962 e. The highest BCUT2D eigenvalue weighted by molar-refractivity contribution is 7.11. The van der Waals surface area contributed by atoms with Crippen LogP contribution >= 0.6 is 11.3 Å². The van der Waals surface area contributed by atoms with E-state index < -0.39 is 0 Å². The van der Waals surface area contributed by atoms with Gasteiger partial charge < -0.3 is 5.32 Å². The highest BCUT2D eigenvalue weighted by atomic mass is 32.1. The number of aryl methyl sites for hydroxylation is 1. The van der Waals surface area contributed by atoms with Crippen LogP contribution in [0.2, 0.25) is 0 Å². The summed E-state index contributed by atoms with van der Waals surface area (Å²) in [7, 11) is 0. The Labute approximate surface area is 115 Å². The SMILES string of the molecule is Cc1nc(C2CCCCC2)sc1CNC(C)(C)C. The minimum absolute atomic E-state index is 0.182. The van der Waals surface area contributed by atoms with E-state index >= 15 is 0 Å². The average Bonchev–Trinajstić information content (AvgIpc) is 2.68. The van der Waals surface area contributed by atoms with Crippen molar-refractivity contribution in [3.8, 4) is 0 Å². The zero-order valence-corrected chi connectivity index (χ0v) is 13.0. The number of nitrogens with zero attached hydrogens (tertiary/aromatic N) is 1. The second kappa shape index (κ2) is 5.70. The molecule has 102 valence electrons. The predicted molar refractivity (Wildman–Crippen MR) is 79.3 cm³/mol. The van der Waals surface area contributed by atoms with Crippen LogP contribution in [0.15, 0.2) is 0 Å². The van der Waals surface area contributed by atoms with Crippen LogP contribution in [0.5, 0.6) is 0 Å². The van der Waals surface area contributed by atoms with Crippen LogP contribution in [0.25, 0.3) is 0 Å². The van der Waals surface area contributed by atoms with Gasteiger partial charge in [0.15, 0.2) is 0 Å². The Hall–Kier alpha value is -0.410. The third-order valence-corrected chi connectivity index (χ3v) is 4.96. The number of thiazole rings is 1. The first-order valence-electron chi connectivity index (χ1n) is 7.17. The van der Waals surface area contributed by atoms with E-state index in [1.807, 2.05) is 11.3 Å². The van der Waals surface area contributed by atoms with Gasteiger partial charge in [-0.15, -0.1) is 11.3 Å². The molecule has 0 saturated heterocycles. The van der Waals surface area contributed by atoms with Gasteiger partial charge in [-0.2, -0.15) is 0 Å². The predicted octanol–water partition coefficient (Wildman–Crippen LogP) is 4.39. The maximum atomic E-state index is 4.81. The van der Waals surface area contributed by atoms with Crippen molar-refractivity contribution in [2.75, 3.05) is 0 Å². The van der Waals surface area contributed by atoms with Crippen LogP contribution < -0.4 is 5.32 Å². The van der Waals surface area contributed by atoms with E-state index in [2.05, 4.69) is 33.0 Å². The zero-order chi connectivity index (χ0) is 13.2. The largest absolute Gasteiger partial charge is 0.307 e. The molecule has 0 unspecified atom stereocenters. The lowest BCUT2D eigenvalue weighted by molar-refractivity contribution is 0.425. The standard InChI is InChI=1S/C15H26N2S/c1-11-13(10-16-15(2,3)4)18-14(17-11)12-8-6-5-7-9-12/h12,16H,5-10H2,1-4H3. The maximum absolute atomic E-state index is 4.81. The van der Waals surface area contributed by atoms with Gasteiger partial charge in [0.25, 0.3) is 0 Å². The lowest BCUT2D eigenvalue weighted by Gasteiger charge is -2.20. The van der Waals surface area contributed by atoms with E-state index in [1.165, 1.54) is 47.7 Å². The summed E-state index contributed by atoms with van der Waals surface area (Å²) in [6, 6.07) is 0. The fourth-order valence-corrected chi connectivity index (χ4v) is 3.66. The Bertz CT molecular complexity index is 384. The molecule has 0 aliphatic heterocycles. The summed E-state index contributed by atoms with van der Waals surface area (Å²) in [5, 5.41) is 4.95. The Kier molecular flexibility index (Phi) is 4.44. The van der Waals surface area contributed by atoms with Crippen molar-refractivity contribution >= 4 is 11.3 Å². The van der Waals surface area contributed by atoms with E-state index in [9.17, 15) is 0 Å². The third kappa shape index (κ3) is 3.79. The summed E-state index contributed by atoms with van der Waals surface area (Å²) in [5.74, 6) is 0.742. The molecular formula is C15H26N2S. The topological polar surface area (TPSA) is 24.9 Å². The molecule has 0 amide bonds. The van der Waals surface area contributed by atoms with Gasteiger partial charge in [0.1, 0.15) is 0 Å². The van der Waals surface area contributed by atoms with Gasteiger partial charge in [-0.3, -0.25) is 0 Å². The second-order valence-electron chi connectivity index (χ2n) is 6.50. The Morgan fingerprint density at radius 3 is 2.50 bits per heavy atom. The molecular weight excluding hydrogens is 240 g/mol. The monoisotopic (exact) mass is 266 g/mol. The van der Waals surface area contributed by atoms with Crippen LogP contribution in [0, 0.1) is 6.92 Å². The normalized spacial score (nSPS) is 18.2. The zero-order valence-electron chi connectivity index (χ0n) is 12.2. The van der Waals surface area contributed by atoms with E-state index in [-0.39, 0.29) is 5.54 Å². The molecule has 0 bridgehead atoms. The molecule has 1 fully saturated rings. The van der Waals surface area contributed by atoms with E-state index in [0.717, 1.165) is 12.5 Å². The van der Waals surface area contributed by atoms with Crippen molar-refractivity contribution in [2.45, 2.75) is 77.8 Å². The third-order valence-electron chi connectivity index (χ3n) is 3.64. The van der Waals surface area contributed by atoms with Crippen LogP contribution in [-0.2, 0) is 6.54 Å². The van der Waals surface area contributed by atoms with Crippen molar-refractivity contribution in [2.24, 2.45) is 0 Å². The molecule has 1 aromatic rings. The molecule has 1 aromatic heterocycles. The lowest BCUT2D eigenvalue weighted by Crippen LogP contribution is -2.34. The van der Waals surface area contributed by atoms with Gasteiger partial charge in [-0.1, -0.05) is 19.3 Å². The van der Waals surface area contributed by atoms with E-state index in [0.29, 0.717) is 0 Å². The van der Waals surface area contributed by atoms with Gasteiger partial charge >= 0.3 is 0 Å². The first-order valence-corrected chi connectivity index (χ1v) is 7.98. The lowest BCUT2D eigenvalue weighted by atomic mass is 9.90. The van der Waals surface area contributed by atoms with Crippen LogP contribution in [0.3, 0.4) is 0 Å². The van der Waals surface area contributed by atoms with E-state index in [1.54, 1.807) is 0 Å². The summed E-state index contributed by atoms with van der Waals surface area (Å²) >= 11 is 1.93. The van der Waals surface area contributed by atoms with Crippen molar-refractivity contribution in [1.82, 2.24) is 10.3 Å². The molecule has 0 aromatic carbocycles. The van der Waals surface area contributed by atoms with Crippen LogP contribution in [-0.4, -0.2) is 10.5 Å². The molecule has 3 heteroatoms. The molecule has 18 heavy (non-hydrogen) atoms. The number of hydrogen-bond donors (Lipinski definition) is 1. The van der Waals surface area contributed by atoms with Crippen molar-refractivity contribution in [1.29, 1.82) is 0 Å². The average molecular weight is 266 g/mol. The summed E-state index contributed by atoms with van der Waals surface area (Å²) in [6.07, 6.45) is 6.88. The first-order chi connectivity index (χ1) is 8.46. The summed E-state index contributed by atoms with van der Waals surface area (Å²) < 4.78 is 0. The fraction of sp³-hybridized carbons (Fsp3) is 0.800. The molecule has 1 saturated carbocycles. The van der Waals surface area contributed by atoms with Gasteiger partial charge in [-0.25, -0.2) is 4.98 Å². The minimum Gasteiger partial charge on any atom is -0.307 e. The second-order valence-corrected chi connectivity index (χ2v) is 7.61. The van der Waals surface area contributed by atoms with Crippen molar-refractivity contribution in [3.05, 3.63) is 15.6 Å². The van der Waals surface area contributed by atoms with Crippen LogP contribution in [0.4, 0.5) is 0 Å². The number of aromatic nitrogens is 1. The van der Waals surface area contributed by atoms with Gasteiger partial charge in [0, 0.05) is 22.9 Å². The van der Waals surface area contributed by atoms with Crippen molar-refractivity contribution in [3.63, 3.8) is 0 Å². The first kappa shape index (κ1) is 14.0. The Morgan fingerprint density at radius 1 is 1.22 bits per heavy atom. The van der Waals surface area contributed by atoms with E-state index in [4.69, 9.17) is 4.98 Å². The molecule has 0 atom stereocenters. The Balaban J connectivity index is 2.02. The van der Waals surface area contributed by atoms with Gasteiger partial charge in [-0.05, 0) is 40.5 Å². The quantitative estimate of drug-likeness (QED) is 0.878. The molecule has 1 aliphatic carbocycles. The van der Waals surface area contributed by atoms with Gasteiger partial charge in [0.05, 0.1) is 10.7 Å². The molecule has 0 spiro atoms. The number of rotatable bonds is 3. The van der Waals surface area contributed by atoms with Crippen molar-refractivity contribution < 1.29 is 0 Å². The molecule has 2 rings (SSSR count). The summed E-state index contributed by atoms with van der Waals surface area (Å²) in [4.78, 5) is 6.24. The fourth-order valence-electron chi connectivity index (χ4n) is 2.48. The van der Waals surface area contributed by atoms with Crippen LogP contribution in [0.1, 0.15) is 74.4 Å². The summed E-state index contributed by atoms with van der Waals surface area (Å²) in [5.41, 5.74) is 1.42. The minimum atomic E-state index is 0.182. The number of nitrogens with one attached hydrogen (secondary N) is 1. The number of hydrogen-bond acceptors (Lipinski definition) is 3. The molecule has 1 heterocycles. The molecule has 2 nitrogen and oxygen atoms in total. The molecule has 0 radical (unpaired) electrons. The summed E-state index contributed by atoms with van der Waals surface area (Å²) in [6.45, 7) is 9.75. The Morgan fingerprint density at radius 2 is 1.89 bits per heavy atom. The highest BCUT2D eigenvalue weighted by Crippen LogP contribution is 2.35. The molecule has 1 aliphatic rings. The smallest absolute Gasteiger partial charge is 0.0962 e. The molecule has 1 N–H and O–H groups in total. The highest BCUT2D eigenvalue weighted by Gasteiger charge is 2.20. The van der Waals surface area contributed by atoms with Gasteiger partial charge in [0.2, 0.25) is 0 Å².